The van der Waals surface area contributed by atoms with Gasteiger partial charge in [0.05, 0.1) is 18.2 Å². The molecule has 5 heteroatoms. The van der Waals surface area contributed by atoms with E-state index < -0.39 is 7.72 Å². The summed E-state index contributed by atoms with van der Waals surface area (Å²) in [6.45, 7) is 0.755. The van der Waals surface area contributed by atoms with E-state index in [4.69, 9.17) is 21.1 Å². The van der Waals surface area contributed by atoms with Crippen molar-refractivity contribution in [2.75, 3.05) is 6.61 Å². The van der Waals surface area contributed by atoms with Crippen LogP contribution in [0.2, 0.25) is 12.1 Å². The number of nitriles is 1. The lowest BCUT2D eigenvalue weighted by Gasteiger charge is -2.37. The molecule has 2 aliphatic rings. The summed E-state index contributed by atoms with van der Waals surface area (Å²) in [6.07, 6.45) is 6.91. The summed E-state index contributed by atoms with van der Waals surface area (Å²) in [5.41, 5.74) is 0.660. The van der Waals surface area contributed by atoms with E-state index in [-0.39, 0.29) is 0 Å². The number of hydrogen-bond donors (Lipinski definition) is 0. The Morgan fingerprint density at radius 1 is 1.04 bits per heavy atom. The van der Waals surface area contributed by atoms with E-state index in [0.29, 0.717) is 29.5 Å². The van der Waals surface area contributed by atoms with Crippen LogP contribution >= 0.6 is 11.1 Å². The van der Waals surface area contributed by atoms with Gasteiger partial charge in [-0.25, -0.2) is 0 Å². The van der Waals surface area contributed by atoms with Crippen molar-refractivity contribution >= 4 is 18.8 Å². The third-order valence-electron chi connectivity index (χ3n) is 5.79. The minimum Gasteiger partial charge on any atom is -0.493 e. The molecule has 24 heavy (non-hydrogen) atoms. The molecule has 0 amide bonds. The number of hydrogen-bond acceptors (Lipinski definition) is 2. The Kier molecular flexibility index (Phi) is 5.83. The molecule has 0 N–H and O–H groups in total. The summed E-state index contributed by atoms with van der Waals surface area (Å²) in [7, 11) is -2.83. The Balaban J connectivity index is 1.40. The number of nitrogens with zero attached hydrogens (tertiary/aromatic N) is 1. The quantitative estimate of drug-likeness (QED) is 0.498. The molecule has 0 radical (unpaired) electrons. The molecule has 1 aliphatic heterocycles. The van der Waals surface area contributed by atoms with Gasteiger partial charge in [0.2, 0.25) is 0 Å². The van der Waals surface area contributed by atoms with E-state index in [9.17, 15) is 4.11 Å². The van der Waals surface area contributed by atoms with Crippen LogP contribution in [-0.4, -0.2) is 14.3 Å². The lowest BCUT2D eigenvalue weighted by atomic mass is 9.74. The molecular weight excluding hydrogens is 341 g/mol. The highest BCUT2D eigenvalue weighted by Gasteiger charge is 2.40. The average Bonchev–Trinajstić information content (AvgIpc) is 2.61. The maximum Gasteiger partial charge on any atom is 0.339 e. The summed E-state index contributed by atoms with van der Waals surface area (Å²) in [6, 6.07) is 10.7. The Morgan fingerprint density at radius 3 is 2.21 bits per heavy atom. The van der Waals surface area contributed by atoms with Crippen LogP contribution in [0.15, 0.2) is 24.3 Å². The van der Waals surface area contributed by atoms with E-state index in [2.05, 4.69) is 6.07 Å². The number of halogens is 2. The third kappa shape index (κ3) is 4.74. The third-order valence-corrected chi connectivity index (χ3v) is 8.96. The summed E-state index contributed by atoms with van der Waals surface area (Å²) in [4.78, 5) is 0. The highest BCUT2D eigenvalue weighted by Crippen LogP contribution is 2.44. The lowest BCUT2D eigenvalue weighted by Crippen LogP contribution is -2.32. The molecule has 3 rings (SSSR count). The lowest BCUT2D eigenvalue weighted by molar-refractivity contribution is 0.147. The molecular formula is C19H25ClFNOSi. The van der Waals surface area contributed by atoms with Crippen LogP contribution in [0.4, 0.5) is 4.11 Å². The number of ether oxygens (including phenoxy) is 1. The normalized spacial score (nSPS) is 33.6. The van der Waals surface area contributed by atoms with E-state index in [1.165, 1.54) is 25.7 Å². The van der Waals surface area contributed by atoms with Crippen molar-refractivity contribution in [3.8, 4) is 11.8 Å². The van der Waals surface area contributed by atoms with Crippen molar-refractivity contribution in [2.24, 2.45) is 17.8 Å². The minimum atomic E-state index is -2.83. The molecule has 1 heterocycles. The standard InChI is InChI=1S/C19H25ClFNOSi/c20-24(21)11-9-18(10-12-24)17-5-1-16(2-6-17)14-23-19-7-3-15(13-22)4-8-19/h3-4,7-8,16-18H,1-2,5-6,9-12,14H2/t16?,17?,18-,24+. The minimum absolute atomic E-state index is 0.614. The number of benzene rings is 1. The van der Waals surface area contributed by atoms with Gasteiger partial charge in [-0.3, -0.25) is 4.11 Å². The van der Waals surface area contributed by atoms with Gasteiger partial charge in [0, 0.05) is 0 Å². The Bertz CT molecular complexity index is 568. The van der Waals surface area contributed by atoms with Gasteiger partial charge in [0.25, 0.3) is 0 Å². The van der Waals surface area contributed by atoms with Crippen molar-refractivity contribution in [2.45, 2.75) is 50.6 Å². The fourth-order valence-electron chi connectivity index (χ4n) is 4.20. The highest BCUT2D eigenvalue weighted by molar-refractivity contribution is 7.16. The first kappa shape index (κ1) is 17.8. The molecule has 0 unspecified atom stereocenters. The van der Waals surface area contributed by atoms with Crippen molar-refractivity contribution in [1.82, 2.24) is 0 Å². The van der Waals surface area contributed by atoms with Crippen LogP contribution < -0.4 is 4.74 Å². The maximum atomic E-state index is 13.9. The predicted octanol–water partition coefficient (Wildman–Crippen LogP) is 5.80. The van der Waals surface area contributed by atoms with Crippen LogP contribution in [0.1, 0.15) is 44.1 Å². The Hall–Kier alpha value is -1.05. The van der Waals surface area contributed by atoms with Gasteiger partial charge >= 0.3 is 7.72 Å². The van der Waals surface area contributed by atoms with Gasteiger partial charge < -0.3 is 4.74 Å². The molecule has 0 spiro atoms. The second-order valence-electron chi connectivity index (χ2n) is 7.42. The van der Waals surface area contributed by atoms with E-state index in [1.54, 1.807) is 12.1 Å². The monoisotopic (exact) mass is 365 g/mol. The van der Waals surface area contributed by atoms with Gasteiger partial charge in [-0.2, -0.15) is 5.26 Å². The summed E-state index contributed by atoms with van der Waals surface area (Å²) >= 11 is 5.96. The van der Waals surface area contributed by atoms with Gasteiger partial charge in [-0.1, -0.05) is 0 Å². The zero-order valence-electron chi connectivity index (χ0n) is 14.0. The van der Waals surface area contributed by atoms with Crippen LogP contribution in [-0.2, 0) is 0 Å². The summed E-state index contributed by atoms with van der Waals surface area (Å²) in [5, 5.41) is 8.81. The molecule has 2 nitrogen and oxygen atoms in total. The summed E-state index contributed by atoms with van der Waals surface area (Å²) in [5.74, 6) is 2.91. The molecule has 1 aromatic carbocycles. The molecule has 1 saturated heterocycles. The predicted molar refractivity (Wildman–Crippen MR) is 97.2 cm³/mol. The van der Waals surface area contributed by atoms with Gasteiger partial charge in [-0.15, -0.1) is 11.1 Å². The first-order valence-corrected chi connectivity index (χ1v) is 12.4. The molecule has 1 aromatic rings. The van der Waals surface area contributed by atoms with Crippen molar-refractivity contribution < 1.29 is 8.84 Å². The molecule has 1 aliphatic carbocycles. The molecule has 2 fully saturated rings. The first-order valence-electron chi connectivity index (χ1n) is 9.06. The fraction of sp³-hybridized carbons (Fsp3) is 0.632. The SMILES string of the molecule is N#Cc1ccc(OCC2CCC([C@H]3CC[Si@](F)(Cl)CC3)CC2)cc1. The highest BCUT2D eigenvalue weighted by atomic mass is 35.6. The average molecular weight is 366 g/mol. The molecule has 0 aromatic heterocycles. The topological polar surface area (TPSA) is 33.0 Å². The molecule has 130 valence electrons. The van der Waals surface area contributed by atoms with E-state index in [1.807, 2.05) is 12.1 Å². The van der Waals surface area contributed by atoms with Crippen LogP contribution in [0.3, 0.4) is 0 Å². The van der Waals surface area contributed by atoms with Crippen molar-refractivity contribution in [3.05, 3.63) is 29.8 Å². The van der Waals surface area contributed by atoms with Gasteiger partial charge in [-0.05, 0) is 92.6 Å². The first-order chi connectivity index (χ1) is 11.6. The second kappa shape index (κ2) is 7.88. The van der Waals surface area contributed by atoms with Crippen molar-refractivity contribution in [1.29, 1.82) is 5.26 Å². The fourth-order valence-corrected chi connectivity index (χ4v) is 6.69. The number of rotatable bonds is 4. The molecule has 1 saturated carbocycles. The van der Waals surface area contributed by atoms with Crippen LogP contribution in [0.25, 0.3) is 0 Å². The second-order valence-corrected chi connectivity index (χ2v) is 12.2. The maximum absolute atomic E-state index is 13.9. The summed E-state index contributed by atoms with van der Waals surface area (Å²) < 4.78 is 19.7. The Labute approximate surface area is 149 Å². The molecule has 0 atom stereocenters. The van der Waals surface area contributed by atoms with Crippen molar-refractivity contribution in [3.63, 3.8) is 0 Å². The Morgan fingerprint density at radius 2 is 1.62 bits per heavy atom. The van der Waals surface area contributed by atoms with Crippen LogP contribution in [0.5, 0.6) is 5.75 Å². The van der Waals surface area contributed by atoms with Crippen LogP contribution in [0, 0.1) is 29.1 Å². The molecule has 0 bridgehead atoms. The van der Waals surface area contributed by atoms with Gasteiger partial charge in [0.15, 0.2) is 0 Å². The van der Waals surface area contributed by atoms with Gasteiger partial charge in [0.1, 0.15) is 5.75 Å². The zero-order valence-corrected chi connectivity index (χ0v) is 15.8. The van der Waals surface area contributed by atoms with E-state index in [0.717, 1.165) is 31.1 Å². The zero-order chi connectivity index (χ0) is 17.0. The van der Waals surface area contributed by atoms with E-state index >= 15 is 0 Å². The largest absolute Gasteiger partial charge is 0.493 e. The smallest absolute Gasteiger partial charge is 0.339 e.